The molecule has 0 saturated heterocycles. The Morgan fingerprint density at radius 1 is 1.29 bits per heavy atom. The van der Waals surface area contributed by atoms with Crippen molar-refractivity contribution in [1.29, 1.82) is 0 Å². The first kappa shape index (κ1) is 14.0. The van der Waals surface area contributed by atoms with E-state index in [0.717, 1.165) is 12.8 Å². The molecule has 108 valence electrons. The van der Waals surface area contributed by atoms with Crippen molar-refractivity contribution in [1.82, 2.24) is 9.97 Å². The number of para-hydroxylation sites is 1. The lowest BCUT2D eigenvalue weighted by Crippen LogP contribution is -1.99. The Bertz CT molecular complexity index is 720. The second kappa shape index (κ2) is 5.46. The van der Waals surface area contributed by atoms with E-state index in [1.165, 1.54) is 24.3 Å². The van der Waals surface area contributed by atoms with Gasteiger partial charge < -0.3 is 4.74 Å². The van der Waals surface area contributed by atoms with Gasteiger partial charge in [0.25, 0.3) is 0 Å². The Morgan fingerprint density at radius 3 is 2.71 bits per heavy atom. The molecule has 8 heteroatoms. The maximum Gasteiger partial charge on any atom is 0.313 e. The first-order valence-electron chi connectivity index (χ1n) is 6.20. The van der Waals surface area contributed by atoms with Crippen LogP contribution in [0.25, 0.3) is 0 Å². The second-order valence-electron chi connectivity index (χ2n) is 4.61. The molecule has 0 unspecified atom stereocenters. The highest BCUT2D eigenvalue weighted by Gasteiger charge is 2.28. The van der Waals surface area contributed by atoms with E-state index >= 15 is 0 Å². The van der Waals surface area contributed by atoms with Crippen LogP contribution >= 0.6 is 23.2 Å². The summed E-state index contributed by atoms with van der Waals surface area (Å²) >= 11 is 11.9. The highest BCUT2D eigenvalue weighted by molar-refractivity contribution is 6.32. The van der Waals surface area contributed by atoms with Gasteiger partial charge in [0.15, 0.2) is 0 Å². The molecule has 0 N–H and O–H groups in total. The second-order valence-corrected chi connectivity index (χ2v) is 5.40. The molecule has 1 heterocycles. The topological polar surface area (TPSA) is 78.2 Å². The zero-order chi connectivity index (χ0) is 15.0. The van der Waals surface area contributed by atoms with Gasteiger partial charge in [0.2, 0.25) is 11.6 Å². The molecular weight excluding hydrogens is 317 g/mol. The molecule has 3 rings (SSSR count). The van der Waals surface area contributed by atoms with Gasteiger partial charge in [-0.05, 0) is 18.9 Å². The molecule has 6 nitrogen and oxygen atoms in total. The highest BCUT2D eigenvalue weighted by atomic mass is 35.5. The van der Waals surface area contributed by atoms with Crippen LogP contribution in [0.5, 0.6) is 11.6 Å². The van der Waals surface area contributed by atoms with Crippen molar-refractivity contribution < 1.29 is 9.66 Å². The van der Waals surface area contributed by atoms with Crippen LogP contribution in [0.4, 0.5) is 5.69 Å². The van der Waals surface area contributed by atoms with Crippen LogP contribution in [-0.4, -0.2) is 14.9 Å². The predicted octanol–water partition coefficient (Wildman–Crippen LogP) is 4.36. The number of nitro benzene ring substituents is 1. The van der Waals surface area contributed by atoms with Gasteiger partial charge in [0.1, 0.15) is 11.0 Å². The summed E-state index contributed by atoms with van der Waals surface area (Å²) in [5, 5.41) is 11.4. The van der Waals surface area contributed by atoms with Crippen molar-refractivity contribution in [2.24, 2.45) is 0 Å². The van der Waals surface area contributed by atoms with Gasteiger partial charge >= 0.3 is 5.69 Å². The maximum absolute atomic E-state index is 11.0. The van der Waals surface area contributed by atoms with Crippen molar-refractivity contribution in [3.05, 3.63) is 50.4 Å². The SMILES string of the molecule is O=[N+]([O-])c1cccc(Cl)c1Oc1cc(Cl)nc(C2CC2)n1. The molecule has 1 aromatic heterocycles. The average Bonchev–Trinajstić information content (AvgIpc) is 3.24. The molecule has 0 spiro atoms. The molecule has 0 atom stereocenters. The van der Waals surface area contributed by atoms with Crippen molar-refractivity contribution >= 4 is 28.9 Å². The van der Waals surface area contributed by atoms with E-state index in [2.05, 4.69) is 9.97 Å². The van der Waals surface area contributed by atoms with Crippen LogP contribution < -0.4 is 4.74 Å². The van der Waals surface area contributed by atoms with Crippen LogP contribution in [-0.2, 0) is 0 Å². The number of halogens is 2. The molecule has 0 radical (unpaired) electrons. The van der Waals surface area contributed by atoms with Crippen molar-refractivity contribution in [2.45, 2.75) is 18.8 Å². The van der Waals surface area contributed by atoms with E-state index in [1.54, 1.807) is 0 Å². The van der Waals surface area contributed by atoms with Gasteiger partial charge in [-0.3, -0.25) is 10.1 Å². The fourth-order valence-corrected chi connectivity index (χ4v) is 2.23. The van der Waals surface area contributed by atoms with Crippen molar-refractivity contribution in [3.63, 3.8) is 0 Å². The van der Waals surface area contributed by atoms with Gasteiger partial charge in [0, 0.05) is 18.1 Å². The number of rotatable bonds is 4. The number of hydrogen-bond acceptors (Lipinski definition) is 5. The molecule has 1 aromatic carbocycles. The molecule has 1 aliphatic rings. The third-order valence-electron chi connectivity index (χ3n) is 2.98. The Morgan fingerprint density at radius 2 is 2.05 bits per heavy atom. The van der Waals surface area contributed by atoms with E-state index in [1.807, 2.05) is 0 Å². The zero-order valence-corrected chi connectivity index (χ0v) is 12.1. The van der Waals surface area contributed by atoms with Crippen LogP contribution in [0.1, 0.15) is 24.6 Å². The van der Waals surface area contributed by atoms with Crippen LogP contribution in [0.2, 0.25) is 10.2 Å². The molecule has 1 aliphatic carbocycles. The largest absolute Gasteiger partial charge is 0.430 e. The summed E-state index contributed by atoms with van der Waals surface area (Å²) in [5.41, 5.74) is -0.231. The average molecular weight is 326 g/mol. The molecule has 1 saturated carbocycles. The third-order valence-corrected chi connectivity index (χ3v) is 3.47. The number of nitro groups is 1. The third kappa shape index (κ3) is 3.06. The lowest BCUT2D eigenvalue weighted by atomic mass is 10.3. The van der Waals surface area contributed by atoms with E-state index in [0.29, 0.717) is 5.82 Å². The smallest absolute Gasteiger partial charge is 0.313 e. The van der Waals surface area contributed by atoms with Gasteiger partial charge in [-0.25, -0.2) is 4.98 Å². The quantitative estimate of drug-likeness (QED) is 0.474. The lowest BCUT2D eigenvalue weighted by Gasteiger charge is -2.08. The highest BCUT2D eigenvalue weighted by Crippen LogP contribution is 2.41. The van der Waals surface area contributed by atoms with Gasteiger partial charge in [-0.15, -0.1) is 0 Å². The Hall–Kier alpha value is -1.92. The Balaban J connectivity index is 1.98. The minimum Gasteiger partial charge on any atom is -0.430 e. The van der Waals surface area contributed by atoms with Crippen LogP contribution in [0.15, 0.2) is 24.3 Å². The summed E-state index contributed by atoms with van der Waals surface area (Å²) in [5.74, 6) is 0.966. The monoisotopic (exact) mass is 325 g/mol. The fraction of sp³-hybridized carbons (Fsp3) is 0.231. The molecule has 0 amide bonds. The summed E-state index contributed by atoms with van der Waals surface area (Å²) in [7, 11) is 0. The minimum atomic E-state index is -0.564. The van der Waals surface area contributed by atoms with E-state index in [4.69, 9.17) is 27.9 Å². The molecular formula is C13H9Cl2N3O3. The number of ether oxygens (including phenoxy) is 1. The Kier molecular flexibility index (Phi) is 3.65. The molecule has 1 fully saturated rings. The first-order valence-corrected chi connectivity index (χ1v) is 6.95. The zero-order valence-electron chi connectivity index (χ0n) is 10.6. The van der Waals surface area contributed by atoms with Crippen molar-refractivity contribution in [3.8, 4) is 11.6 Å². The fourth-order valence-electron chi connectivity index (χ4n) is 1.84. The summed E-state index contributed by atoms with van der Waals surface area (Å²) in [6.07, 6.45) is 2.01. The number of nitrogens with zero attached hydrogens (tertiary/aromatic N) is 3. The minimum absolute atomic E-state index is 0.0549. The molecule has 0 bridgehead atoms. The lowest BCUT2D eigenvalue weighted by molar-refractivity contribution is -0.385. The Labute approximate surface area is 129 Å². The standard InChI is InChI=1S/C13H9Cl2N3O3/c14-8-2-1-3-9(18(19)20)12(8)21-11-6-10(15)16-13(17-11)7-4-5-7/h1-3,6-7H,4-5H2. The van der Waals surface area contributed by atoms with Gasteiger partial charge in [-0.2, -0.15) is 4.98 Å². The first-order chi connectivity index (χ1) is 10.0. The normalized spacial score (nSPS) is 14.0. The van der Waals surface area contributed by atoms with Gasteiger partial charge in [0.05, 0.1) is 9.95 Å². The van der Waals surface area contributed by atoms with Crippen LogP contribution in [0, 0.1) is 10.1 Å². The predicted molar refractivity (Wildman–Crippen MR) is 77.2 cm³/mol. The molecule has 21 heavy (non-hydrogen) atoms. The summed E-state index contributed by atoms with van der Waals surface area (Å²) in [4.78, 5) is 18.8. The van der Waals surface area contributed by atoms with Crippen LogP contribution in [0.3, 0.4) is 0 Å². The molecule has 2 aromatic rings. The van der Waals surface area contributed by atoms with E-state index in [-0.39, 0.29) is 33.4 Å². The number of aromatic nitrogens is 2. The summed E-state index contributed by atoms with van der Waals surface area (Å²) in [6, 6.07) is 5.71. The molecule has 0 aliphatic heterocycles. The number of hydrogen-bond donors (Lipinski definition) is 0. The summed E-state index contributed by atoms with van der Waals surface area (Å²) < 4.78 is 5.49. The summed E-state index contributed by atoms with van der Waals surface area (Å²) in [6.45, 7) is 0. The maximum atomic E-state index is 11.0. The van der Waals surface area contributed by atoms with Crippen molar-refractivity contribution in [2.75, 3.05) is 0 Å². The van der Waals surface area contributed by atoms with E-state index < -0.39 is 4.92 Å². The van der Waals surface area contributed by atoms with E-state index in [9.17, 15) is 10.1 Å². The number of benzene rings is 1. The van der Waals surface area contributed by atoms with Gasteiger partial charge in [-0.1, -0.05) is 29.3 Å².